The Labute approximate surface area is 194 Å². The molecule has 33 heavy (non-hydrogen) atoms. The lowest BCUT2D eigenvalue weighted by atomic mass is 9.78. The van der Waals surface area contributed by atoms with Gasteiger partial charge >= 0.3 is 12.4 Å². The van der Waals surface area contributed by atoms with Gasteiger partial charge in [-0.05, 0) is 49.8 Å². The minimum absolute atomic E-state index is 0. The number of fused-ring (bicyclic) bond motifs is 1. The Morgan fingerprint density at radius 2 is 1.64 bits per heavy atom. The number of nitrogens with one attached hydrogen (secondary N) is 2. The van der Waals surface area contributed by atoms with E-state index in [-0.39, 0.29) is 42.1 Å². The van der Waals surface area contributed by atoms with Gasteiger partial charge in [0.25, 0.3) is 5.91 Å². The van der Waals surface area contributed by atoms with Crippen molar-refractivity contribution in [1.29, 1.82) is 0 Å². The number of carbonyl (C=O) groups is 1. The van der Waals surface area contributed by atoms with Gasteiger partial charge in [-0.15, -0.1) is 12.4 Å². The van der Waals surface area contributed by atoms with Gasteiger partial charge in [-0.25, -0.2) is 0 Å². The van der Waals surface area contributed by atoms with Gasteiger partial charge in [-0.1, -0.05) is 12.8 Å². The molecule has 2 fully saturated rings. The van der Waals surface area contributed by atoms with Crippen LogP contribution in [0.25, 0.3) is 0 Å². The molecule has 3 unspecified atom stereocenters. The van der Waals surface area contributed by atoms with E-state index in [1.54, 1.807) is 0 Å². The summed E-state index contributed by atoms with van der Waals surface area (Å²) in [6, 6.07) is 3.39. The molecule has 1 aromatic rings. The summed E-state index contributed by atoms with van der Waals surface area (Å²) in [6.07, 6.45) is -2.72. The lowest BCUT2D eigenvalue weighted by Crippen LogP contribution is -2.52. The van der Waals surface area contributed by atoms with Crippen molar-refractivity contribution < 1.29 is 40.6 Å². The second kappa shape index (κ2) is 11.5. The fourth-order valence-electron chi connectivity index (χ4n) is 4.27. The second-order valence-electron chi connectivity index (χ2n) is 8.27. The minimum Gasteiger partial charge on any atom is -0.484 e. The van der Waals surface area contributed by atoms with E-state index in [1.165, 1.54) is 12.8 Å². The van der Waals surface area contributed by atoms with E-state index in [9.17, 15) is 31.1 Å². The van der Waals surface area contributed by atoms with Crippen LogP contribution in [-0.2, 0) is 0 Å². The van der Waals surface area contributed by atoms with Crippen LogP contribution in [-0.4, -0.2) is 50.1 Å². The number of alkyl halides is 6. The van der Waals surface area contributed by atoms with E-state index in [4.69, 9.17) is 4.74 Å². The Balaban J connectivity index is 0.00000385. The summed E-state index contributed by atoms with van der Waals surface area (Å²) in [5.41, 5.74) is -0.319. The molecule has 5 nitrogen and oxygen atoms in total. The van der Waals surface area contributed by atoms with Gasteiger partial charge in [0.2, 0.25) is 0 Å². The maximum atomic E-state index is 12.7. The van der Waals surface area contributed by atoms with Crippen LogP contribution < -0.4 is 20.1 Å². The summed E-state index contributed by atoms with van der Waals surface area (Å²) in [5, 5.41) is 6.19. The predicted molar refractivity (Wildman–Crippen MR) is 111 cm³/mol. The average molecular weight is 505 g/mol. The van der Waals surface area contributed by atoms with E-state index in [0.717, 1.165) is 43.9 Å². The Hall–Kier alpha value is -1.88. The first kappa shape index (κ1) is 27.4. The highest BCUT2D eigenvalue weighted by Gasteiger charge is 2.33. The Morgan fingerprint density at radius 1 is 0.970 bits per heavy atom. The molecule has 1 saturated heterocycles. The maximum Gasteiger partial charge on any atom is 0.422 e. The largest absolute Gasteiger partial charge is 0.484 e. The van der Waals surface area contributed by atoms with Gasteiger partial charge in [-0.2, -0.15) is 26.3 Å². The van der Waals surface area contributed by atoms with E-state index in [1.807, 2.05) is 0 Å². The molecule has 188 valence electrons. The zero-order valence-electron chi connectivity index (χ0n) is 17.7. The molecule has 1 aliphatic heterocycles. The second-order valence-corrected chi connectivity index (χ2v) is 8.27. The summed E-state index contributed by atoms with van der Waals surface area (Å²) >= 11 is 0. The molecule has 1 aromatic carbocycles. The molecule has 12 heteroatoms. The van der Waals surface area contributed by atoms with Gasteiger partial charge < -0.3 is 20.1 Å². The molecular weight excluding hydrogens is 478 g/mol. The van der Waals surface area contributed by atoms with Crippen molar-refractivity contribution in [3.8, 4) is 11.5 Å². The quantitative estimate of drug-likeness (QED) is 0.511. The molecule has 1 saturated carbocycles. The van der Waals surface area contributed by atoms with E-state index >= 15 is 0 Å². The molecule has 0 aromatic heterocycles. The minimum atomic E-state index is -4.64. The molecule has 2 aliphatic rings. The Bertz CT molecular complexity index is 790. The summed E-state index contributed by atoms with van der Waals surface area (Å²) in [5.74, 6) is -0.802. The Kier molecular flexibility index (Phi) is 9.54. The molecule has 0 bridgehead atoms. The molecule has 3 rings (SSSR count). The number of halogens is 7. The summed E-state index contributed by atoms with van der Waals surface area (Å²) in [7, 11) is 0. The number of piperidine rings is 1. The molecule has 1 amide bonds. The lowest BCUT2D eigenvalue weighted by molar-refractivity contribution is -0.154. The van der Waals surface area contributed by atoms with Gasteiger partial charge in [-0.3, -0.25) is 4.79 Å². The number of ether oxygens (including phenoxy) is 2. The highest BCUT2D eigenvalue weighted by molar-refractivity contribution is 5.97. The van der Waals surface area contributed by atoms with Crippen molar-refractivity contribution in [2.75, 3.05) is 19.8 Å². The van der Waals surface area contributed by atoms with Crippen molar-refractivity contribution in [1.82, 2.24) is 10.6 Å². The SMILES string of the molecule is Cl.O=C(NCC1CCC2CCCCC2N1)c1cc(OCC(F)(F)F)ccc1OCC(F)(F)F. The number of hydrogen-bond acceptors (Lipinski definition) is 4. The van der Waals surface area contributed by atoms with Gasteiger partial charge in [0, 0.05) is 18.6 Å². The first-order valence-corrected chi connectivity index (χ1v) is 10.6. The molecule has 1 aliphatic carbocycles. The zero-order chi connectivity index (χ0) is 23.4. The van der Waals surface area contributed by atoms with Crippen molar-refractivity contribution in [2.45, 2.75) is 63.0 Å². The highest BCUT2D eigenvalue weighted by Crippen LogP contribution is 2.32. The Morgan fingerprint density at radius 3 is 2.33 bits per heavy atom. The molecule has 1 heterocycles. The van der Waals surface area contributed by atoms with Crippen LogP contribution in [0.5, 0.6) is 11.5 Å². The van der Waals surface area contributed by atoms with Crippen molar-refractivity contribution in [3.05, 3.63) is 23.8 Å². The third-order valence-electron chi connectivity index (χ3n) is 5.74. The van der Waals surface area contributed by atoms with Crippen molar-refractivity contribution in [3.63, 3.8) is 0 Å². The van der Waals surface area contributed by atoms with Crippen molar-refractivity contribution >= 4 is 18.3 Å². The smallest absolute Gasteiger partial charge is 0.422 e. The van der Waals surface area contributed by atoms with Crippen molar-refractivity contribution in [2.24, 2.45) is 5.92 Å². The highest BCUT2D eigenvalue weighted by atomic mass is 35.5. The summed E-state index contributed by atoms with van der Waals surface area (Å²) < 4.78 is 84.2. The van der Waals surface area contributed by atoms with Crippen LogP contribution in [0.2, 0.25) is 0 Å². The van der Waals surface area contributed by atoms with Crippen LogP contribution in [0.1, 0.15) is 48.9 Å². The number of carbonyl (C=O) groups excluding carboxylic acids is 1. The summed E-state index contributed by atoms with van der Waals surface area (Å²) in [6.45, 7) is -2.98. The molecular formula is C21H27ClF6N2O3. The summed E-state index contributed by atoms with van der Waals surface area (Å²) in [4.78, 5) is 12.7. The van der Waals surface area contributed by atoms with Gasteiger partial charge in [0.15, 0.2) is 13.2 Å². The topological polar surface area (TPSA) is 59.6 Å². The normalized spacial score (nSPS) is 23.2. The monoisotopic (exact) mass is 504 g/mol. The van der Waals surface area contributed by atoms with Gasteiger partial charge in [0.1, 0.15) is 11.5 Å². The predicted octanol–water partition coefficient (Wildman–Crippen LogP) is 5.03. The van der Waals surface area contributed by atoms with Crippen LogP contribution in [0.15, 0.2) is 18.2 Å². The first-order valence-electron chi connectivity index (χ1n) is 10.6. The third kappa shape index (κ3) is 8.77. The van der Waals surface area contributed by atoms with E-state index < -0.39 is 31.5 Å². The number of hydrogen-bond donors (Lipinski definition) is 2. The van der Waals surface area contributed by atoms with Crippen LogP contribution in [0.4, 0.5) is 26.3 Å². The van der Waals surface area contributed by atoms with E-state index in [2.05, 4.69) is 15.4 Å². The average Bonchev–Trinajstić information content (AvgIpc) is 2.73. The molecule has 0 radical (unpaired) electrons. The third-order valence-corrected chi connectivity index (χ3v) is 5.74. The standard InChI is InChI=1S/C21H26F6N2O3.ClH/c22-20(23,24)11-31-15-7-8-18(32-12-21(25,26)27)16(9-15)19(30)28-10-14-6-5-13-3-1-2-4-17(13)29-14;/h7-9,13-14,17,29H,1-6,10-12H2,(H,28,30);1H. The van der Waals surface area contributed by atoms with Gasteiger partial charge in [0.05, 0.1) is 5.56 Å². The molecule has 3 atom stereocenters. The lowest BCUT2D eigenvalue weighted by Gasteiger charge is -2.40. The van der Waals surface area contributed by atoms with Crippen LogP contribution >= 0.6 is 12.4 Å². The fraction of sp³-hybridized carbons (Fsp3) is 0.667. The maximum absolute atomic E-state index is 12.7. The number of amides is 1. The first-order chi connectivity index (χ1) is 15.0. The zero-order valence-corrected chi connectivity index (χ0v) is 18.5. The van der Waals surface area contributed by atoms with Crippen LogP contribution in [0, 0.1) is 5.92 Å². The number of rotatable bonds is 7. The molecule has 0 spiro atoms. The fourth-order valence-corrected chi connectivity index (χ4v) is 4.27. The van der Waals surface area contributed by atoms with E-state index in [0.29, 0.717) is 12.0 Å². The number of benzene rings is 1. The van der Waals surface area contributed by atoms with Crippen LogP contribution in [0.3, 0.4) is 0 Å². The molecule has 2 N–H and O–H groups in total.